The van der Waals surface area contributed by atoms with Gasteiger partial charge in [0.1, 0.15) is 0 Å². The first-order valence-corrected chi connectivity index (χ1v) is 7.08. The number of hydrogen-bond donors (Lipinski definition) is 2. The van der Waals surface area contributed by atoms with Crippen LogP contribution in [-0.4, -0.2) is 53.7 Å². The lowest BCUT2D eigenvalue weighted by molar-refractivity contribution is 0.0947. The molecule has 1 heterocycles. The topological polar surface area (TPSA) is 65.5 Å². The van der Waals surface area contributed by atoms with E-state index in [1.165, 1.54) is 0 Å². The predicted molar refractivity (Wildman–Crippen MR) is 82.9 cm³/mol. The van der Waals surface area contributed by atoms with Crippen molar-refractivity contribution in [1.29, 1.82) is 0 Å². The molecular weight excluding hydrogens is 266 g/mol. The van der Waals surface area contributed by atoms with Crippen LogP contribution < -0.4 is 5.32 Å². The Morgan fingerprint density at radius 1 is 1.52 bits per heavy atom. The Morgan fingerprint density at radius 3 is 2.95 bits per heavy atom. The molecular formula is C16H23N3O2. The van der Waals surface area contributed by atoms with Crippen LogP contribution in [0.25, 0.3) is 0 Å². The zero-order valence-corrected chi connectivity index (χ0v) is 12.9. The lowest BCUT2D eigenvalue weighted by Crippen LogP contribution is -2.36. The molecule has 1 aromatic rings. The molecule has 0 radical (unpaired) electrons. The van der Waals surface area contributed by atoms with Crippen molar-refractivity contribution in [2.24, 2.45) is 0 Å². The zero-order chi connectivity index (χ0) is 15.7. The van der Waals surface area contributed by atoms with Crippen LogP contribution >= 0.6 is 0 Å². The van der Waals surface area contributed by atoms with Crippen molar-refractivity contribution in [3.05, 3.63) is 29.6 Å². The summed E-state index contributed by atoms with van der Waals surface area (Å²) in [5.41, 5.74) is 1.10. The van der Waals surface area contributed by atoms with Gasteiger partial charge in [0.05, 0.1) is 17.7 Å². The van der Waals surface area contributed by atoms with Crippen LogP contribution in [0.5, 0.6) is 0 Å². The maximum atomic E-state index is 12.2. The Morgan fingerprint density at radius 2 is 2.29 bits per heavy atom. The number of carbonyl (C=O) groups excluding carboxylic acids is 1. The fourth-order valence-corrected chi connectivity index (χ4v) is 1.60. The Labute approximate surface area is 126 Å². The summed E-state index contributed by atoms with van der Waals surface area (Å²) in [6.07, 6.45) is 3.53. The third-order valence-corrected chi connectivity index (χ3v) is 3.16. The van der Waals surface area contributed by atoms with Gasteiger partial charge in [-0.25, -0.2) is 0 Å². The molecule has 1 aromatic heterocycles. The van der Waals surface area contributed by atoms with Gasteiger partial charge < -0.3 is 15.3 Å². The molecule has 0 aliphatic carbocycles. The van der Waals surface area contributed by atoms with Gasteiger partial charge in [-0.05, 0) is 27.0 Å². The standard InChI is InChI=1S/C16H23N3O2/c1-13(2)19(3)10-9-18-16(21)15-7-8-17-12-14(15)6-4-5-11-20/h7-8,12-13,20H,5,9-11H2,1-3H3,(H,18,21). The van der Waals surface area contributed by atoms with E-state index < -0.39 is 0 Å². The highest BCUT2D eigenvalue weighted by molar-refractivity contribution is 5.96. The van der Waals surface area contributed by atoms with Gasteiger partial charge in [0, 0.05) is 37.9 Å². The van der Waals surface area contributed by atoms with Gasteiger partial charge in [0.15, 0.2) is 0 Å². The van der Waals surface area contributed by atoms with E-state index in [0.29, 0.717) is 30.1 Å². The van der Waals surface area contributed by atoms with Crippen LogP contribution in [0.3, 0.4) is 0 Å². The number of carbonyl (C=O) groups is 1. The second kappa shape index (κ2) is 9.11. The van der Waals surface area contributed by atoms with E-state index in [1.54, 1.807) is 18.5 Å². The van der Waals surface area contributed by atoms with E-state index >= 15 is 0 Å². The molecule has 1 rings (SSSR count). The molecule has 0 spiro atoms. The molecule has 5 heteroatoms. The smallest absolute Gasteiger partial charge is 0.252 e. The Bertz CT molecular complexity index is 518. The number of rotatable bonds is 6. The first-order valence-electron chi connectivity index (χ1n) is 7.08. The molecule has 0 aliphatic rings. The number of aromatic nitrogens is 1. The molecule has 0 aliphatic heterocycles. The van der Waals surface area contributed by atoms with E-state index in [-0.39, 0.29) is 12.5 Å². The monoisotopic (exact) mass is 289 g/mol. The zero-order valence-electron chi connectivity index (χ0n) is 12.9. The fourth-order valence-electron chi connectivity index (χ4n) is 1.60. The Balaban J connectivity index is 2.64. The van der Waals surface area contributed by atoms with Crippen molar-refractivity contribution < 1.29 is 9.90 Å². The molecule has 0 aromatic carbocycles. The average molecular weight is 289 g/mol. The molecule has 21 heavy (non-hydrogen) atoms. The summed E-state index contributed by atoms with van der Waals surface area (Å²) >= 11 is 0. The summed E-state index contributed by atoms with van der Waals surface area (Å²) in [5, 5.41) is 11.6. The highest BCUT2D eigenvalue weighted by Gasteiger charge is 2.10. The fraction of sp³-hybridized carbons (Fsp3) is 0.500. The normalized spacial score (nSPS) is 10.4. The number of hydrogen-bond acceptors (Lipinski definition) is 4. The largest absolute Gasteiger partial charge is 0.395 e. The van der Waals surface area contributed by atoms with Crippen LogP contribution in [0.2, 0.25) is 0 Å². The van der Waals surface area contributed by atoms with Crippen LogP contribution in [-0.2, 0) is 0 Å². The Hall–Kier alpha value is -1.90. The van der Waals surface area contributed by atoms with Gasteiger partial charge in [0.25, 0.3) is 5.91 Å². The van der Waals surface area contributed by atoms with Crippen molar-refractivity contribution in [2.45, 2.75) is 26.3 Å². The van der Waals surface area contributed by atoms with Crippen molar-refractivity contribution in [3.63, 3.8) is 0 Å². The van der Waals surface area contributed by atoms with Gasteiger partial charge >= 0.3 is 0 Å². The minimum atomic E-state index is -0.150. The predicted octanol–water partition coefficient (Wildman–Crippen LogP) is 0.885. The van der Waals surface area contributed by atoms with Crippen LogP contribution in [0, 0.1) is 11.8 Å². The lowest BCUT2D eigenvalue weighted by atomic mass is 10.1. The summed E-state index contributed by atoms with van der Waals surface area (Å²) in [6, 6.07) is 2.10. The maximum absolute atomic E-state index is 12.2. The third-order valence-electron chi connectivity index (χ3n) is 3.16. The number of likely N-dealkylation sites (N-methyl/N-ethyl adjacent to an activating group) is 1. The van der Waals surface area contributed by atoms with Crippen molar-refractivity contribution in [2.75, 3.05) is 26.7 Å². The van der Waals surface area contributed by atoms with E-state index in [0.717, 1.165) is 6.54 Å². The number of nitrogens with zero attached hydrogens (tertiary/aromatic N) is 2. The van der Waals surface area contributed by atoms with Gasteiger partial charge in [0.2, 0.25) is 0 Å². The second-order valence-electron chi connectivity index (χ2n) is 5.03. The van der Waals surface area contributed by atoms with Crippen molar-refractivity contribution in [3.8, 4) is 11.8 Å². The number of pyridine rings is 1. The van der Waals surface area contributed by atoms with Crippen LogP contribution in [0.15, 0.2) is 18.5 Å². The van der Waals surface area contributed by atoms with Crippen molar-refractivity contribution in [1.82, 2.24) is 15.2 Å². The summed E-state index contributed by atoms with van der Waals surface area (Å²) in [4.78, 5) is 18.3. The number of amides is 1. The molecule has 114 valence electrons. The van der Waals surface area contributed by atoms with E-state index in [4.69, 9.17) is 5.11 Å². The molecule has 0 saturated heterocycles. The highest BCUT2D eigenvalue weighted by atomic mass is 16.2. The van der Waals surface area contributed by atoms with Gasteiger partial charge in [-0.3, -0.25) is 9.78 Å². The first kappa shape index (κ1) is 17.2. The van der Waals surface area contributed by atoms with E-state index in [2.05, 4.69) is 40.9 Å². The molecule has 1 amide bonds. The number of nitrogens with one attached hydrogen (secondary N) is 1. The summed E-state index contributed by atoms with van der Waals surface area (Å²) in [5.74, 6) is 5.53. The highest BCUT2D eigenvalue weighted by Crippen LogP contribution is 2.05. The maximum Gasteiger partial charge on any atom is 0.252 e. The summed E-state index contributed by atoms with van der Waals surface area (Å²) in [6.45, 7) is 5.61. The number of aliphatic hydroxyl groups excluding tert-OH is 1. The van der Waals surface area contributed by atoms with Crippen LogP contribution in [0.4, 0.5) is 0 Å². The van der Waals surface area contributed by atoms with Crippen molar-refractivity contribution >= 4 is 5.91 Å². The molecule has 2 N–H and O–H groups in total. The first-order chi connectivity index (χ1) is 10.1. The SMILES string of the molecule is CC(C)N(C)CCNC(=O)c1ccncc1C#CCCO. The second-order valence-corrected chi connectivity index (χ2v) is 5.03. The van der Waals surface area contributed by atoms with Crippen LogP contribution in [0.1, 0.15) is 36.2 Å². The molecule has 5 nitrogen and oxygen atoms in total. The molecule has 0 fully saturated rings. The number of aliphatic hydroxyl groups is 1. The van der Waals surface area contributed by atoms with Gasteiger partial charge in [-0.2, -0.15) is 0 Å². The third kappa shape index (κ3) is 5.94. The molecule has 0 bridgehead atoms. The van der Waals surface area contributed by atoms with Gasteiger partial charge in [-0.1, -0.05) is 11.8 Å². The summed E-state index contributed by atoms with van der Waals surface area (Å²) in [7, 11) is 2.02. The quantitative estimate of drug-likeness (QED) is 0.763. The molecule has 0 unspecified atom stereocenters. The minimum absolute atomic E-state index is 0.0102. The Kier molecular flexibility index (Phi) is 7.44. The molecule has 0 saturated carbocycles. The molecule has 0 atom stereocenters. The minimum Gasteiger partial charge on any atom is -0.395 e. The summed E-state index contributed by atoms with van der Waals surface area (Å²) < 4.78 is 0. The van der Waals surface area contributed by atoms with Gasteiger partial charge in [-0.15, -0.1) is 0 Å². The van der Waals surface area contributed by atoms with E-state index in [1.807, 2.05) is 7.05 Å². The average Bonchev–Trinajstić information content (AvgIpc) is 2.47. The van der Waals surface area contributed by atoms with E-state index in [9.17, 15) is 4.79 Å². The lowest BCUT2D eigenvalue weighted by Gasteiger charge is -2.20.